The topological polar surface area (TPSA) is 108 Å². The number of nitrogens with one attached hydrogen (secondary N) is 2. The summed E-state index contributed by atoms with van der Waals surface area (Å²) in [7, 11) is -4.14. The van der Waals surface area contributed by atoms with Gasteiger partial charge in [0.15, 0.2) is 0 Å². The fourth-order valence-corrected chi connectivity index (χ4v) is 7.53. The number of carbonyl (C=O) groups excluding carboxylic acids is 2. The zero-order valence-corrected chi connectivity index (χ0v) is 24.4. The van der Waals surface area contributed by atoms with Crippen molar-refractivity contribution in [3.8, 4) is 5.75 Å². The van der Waals surface area contributed by atoms with Crippen molar-refractivity contribution in [2.75, 3.05) is 19.7 Å². The monoisotopic (exact) mass is 586 g/mol. The van der Waals surface area contributed by atoms with Crippen LogP contribution < -0.4 is 15.4 Å². The molecule has 3 heterocycles. The van der Waals surface area contributed by atoms with Crippen LogP contribution in [0.1, 0.15) is 60.4 Å². The van der Waals surface area contributed by atoms with E-state index in [-0.39, 0.29) is 17.4 Å². The lowest BCUT2D eigenvalue weighted by Crippen LogP contribution is -2.51. The van der Waals surface area contributed by atoms with Gasteiger partial charge >= 0.3 is 0 Å². The van der Waals surface area contributed by atoms with Gasteiger partial charge in [0.05, 0.1) is 24.0 Å². The van der Waals surface area contributed by atoms with Gasteiger partial charge in [0.2, 0.25) is 11.8 Å². The van der Waals surface area contributed by atoms with Crippen LogP contribution in [0.15, 0.2) is 47.6 Å². The van der Waals surface area contributed by atoms with E-state index < -0.39 is 27.9 Å². The number of hydrogen-bond donors (Lipinski definition) is 2. The number of rotatable bonds is 7. The Morgan fingerprint density at radius 2 is 1.90 bits per heavy atom. The summed E-state index contributed by atoms with van der Waals surface area (Å²) in [5, 5.41) is 6.00. The number of ether oxygens (including phenoxy) is 1. The predicted molar refractivity (Wildman–Crippen MR) is 152 cm³/mol. The number of carbonyl (C=O) groups is 2. The highest BCUT2D eigenvalue weighted by Gasteiger charge is 2.38. The summed E-state index contributed by atoms with van der Waals surface area (Å²) < 4.78 is 34.2. The van der Waals surface area contributed by atoms with Crippen molar-refractivity contribution in [1.29, 1.82) is 0 Å². The van der Waals surface area contributed by atoms with Gasteiger partial charge in [-0.05, 0) is 74.7 Å². The number of hydrogen-bond acceptors (Lipinski definition) is 6. The van der Waals surface area contributed by atoms with Gasteiger partial charge in [0.1, 0.15) is 11.8 Å². The maximum atomic E-state index is 13.6. The van der Waals surface area contributed by atoms with Crippen molar-refractivity contribution in [1.82, 2.24) is 19.8 Å². The molecule has 0 bridgehead atoms. The fraction of sp³-hybridized carbons (Fsp3) is 0.448. The molecule has 3 aliphatic heterocycles. The van der Waals surface area contributed by atoms with E-state index in [9.17, 15) is 18.0 Å². The number of fused-ring (bicyclic) bond motifs is 1. The fourth-order valence-electron chi connectivity index (χ4n) is 5.57. The highest BCUT2D eigenvalue weighted by atomic mass is 35.5. The lowest BCUT2D eigenvalue weighted by Gasteiger charge is -2.33. The van der Waals surface area contributed by atoms with Gasteiger partial charge < -0.3 is 15.4 Å². The zero-order chi connectivity index (χ0) is 28.4. The molecule has 5 rings (SSSR count). The van der Waals surface area contributed by atoms with Gasteiger partial charge in [0.25, 0.3) is 10.0 Å². The minimum absolute atomic E-state index is 0.0397. The predicted octanol–water partition coefficient (Wildman–Crippen LogP) is 3.93. The van der Waals surface area contributed by atoms with E-state index in [1.54, 1.807) is 19.9 Å². The van der Waals surface area contributed by atoms with E-state index in [0.29, 0.717) is 29.2 Å². The summed E-state index contributed by atoms with van der Waals surface area (Å²) in [6.07, 6.45) is 6.53. The highest BCUT2D eigenvalue weighted by molar-refractivity contribution is 7.89. The molecule has 0 saturated carbocycles. The third kappa shape index (κ3) is 5.99. The third-order valence-corrected chi connectivity index (χ3v) is 10.1. The number of benzene rings is 2. The summed E-state index contributed by atoms with van der Waals surface area (Å²) in [4.78, 5) is 28.5. The van der Waals surface area contributed by atoms with E-state index in [0.717, 1.165) is 35.3 Å². The Morgan fingerprint density at radius 1 is 1.12 bits per heavy atom. The van der Waals surface area contributed by atoms with Crippen LogP contribution in [0.3, 0.4) is 0 Å². The van der Waals surface area contributed by atoms with Crippen LogP contribution in [0, 0.1) is 13.8 Å². The molecule has 1 fully saturated rings. The Balaban J connectivity index is 1.30. The van der Waals surface area contributed by atoms with Crippen LogP contribution in [-0.2, 0) is 26.2 Å². The van der Waals surface area contributed by atoms with E-state index in [4.69, 9.17) is 16.3 Å². The van der Waals surface area contributed by atoms with Crippen LogP contribution >= 0.6 is 11.6 Å². The molecular formula is C29H35ClN4O5S. The Hall–Kier alpha value is -3.08. The first-order valence-corrected chi connectivity index (χ1v) is 15.5. The van der Waals surface area contributed by atoms with Crippen LogP contribution in [0.5, 0.6) is 5.75 Å². The van der Waals surface area contributed by atoms with E-state index in [2.05, 4.69) is 21.6 Å². The maximum Gasteiger partial charge on any atom is 0.264 e. The van der Waals surface area contributed by atoms with Gasteiger partial charge in [-0.1, -0.05) is 30.2 Å². The van der Waals surface area contributed by atoms with Crippen LogP contribution in [0.2, 0.25) is 5.02 Å². The first kappa shape index (κ1) is 28.4. The summed E-state index contributed by atoms with van der Waals surface area (Å²) in [5.74, 6) is -0.239. The molecule has 2 aromatic rings. The molecule has 214 valence electrons. The van der Waals surface area contributed by atoms with E-state index in [1.165, 1.54) is 43.3 Å². The SMILES string of the molecule is Cc1cc(S(=O)(=O)N2C=CNC(=O)[C@H]2CC(=O)N[C@@H]2CCOc3cc(CN4CCCCC4)ccc32)c(C)cc1Cl. The maximum absolute atomic E-state index is 13.6. The number of piperidine rings is 1. The molecule has 0 aromatic heterocycles. The van der Waals surface area contributed by atoms with Crippen molar-refractivity contribution in [2.24, 2.45) is 0 Å². The number of aryl methyl sites for hydroxylation is 2. The molecule has 0 aliphatic carbocycles. The third-order valence-electron chi connectivity index (χ3n) is 7.75. The molecule has 11 heteroatoms. The molecule has 40 heavy (non-hydrogen) atoms. The van der Waals surface area contributed by atoms with Crippen molar-refractivity contribution in [3.63, 3.8) is 0 Å². The standard InChI is InChI=1S/C29H35ClN4O5S/c1-19-15-27(20(2)14-23(19)30)40(37,38)34-12-9-31-29(36)25(34)17-28(35)32-24-8-13-39-26-16-21(6-7-22(24)26)18-33-10-4-3-5-11-33/h6-7,9,12,14-16,24-25H,3-5,8,10-11,13,17-18H2,1-2H3,(H,31,36)(H,32,35)/t24-,25-/m1/s1. The Morgan fingerprint density at radius 3 is 2.67 bits per heavy atom. The van der Waals surface area contributed by atoms with Crippen molar-refractivity contribution in [2.45, 2.75) is 69.5 Å². The van der Waals surface area contributed by atoms with Crippen LogP contribution in [0.25, 0.3) is 0 Å². The molecule has 2 N–H and O–H groups in total. The first-order valence-electron chi connectivity index (χ1n) is 13.7. The second kappa shape index (κ2) is 11.8. The van der Waals surface area contributed by atoms with Crippen molar-refractivity contribution in [3.05, 3.63) is 70.0 Å². The molecule has 1 saturated heterocycles. The van der Waals surface area contributed by atoms with E-state index >= 15 is 0 Å². The molecule has 2 amide bonds. The van der Waals surface area contributed by atoms with Gasteiger partial charge in [-0.2, -0.15) is 0 Å². The summed E-state index contributed by atoms with van der Waals surface area (Å²) in [6.45, 7) is 6.89. The van der Waals surface area contributed by atoms with Crippen LogP contribution in [-0.4, -0.2) is 55.2 Å². The number of amides is 2. The molecule has 0 radical (unpaired) electrons. The lowest BCUT2D eigenvalue weighted by molar-refractivity contribution is -0.129. The summed E-state index contributed by atoms with van der Waals surface area (Å²) in [5.41, 5.74) is 3.11. The second-order valence-electron chi connectivity index (χ2n) is 10.7. The highest BCUT2D eigenvalue weighted by Crippen LogP contribution is 2.34. The summed E-state index contributed by atoms with van der Waals surface area (Å²) >= 11 is 6.17. The van der Waals surface area contributed by atoms with Gasteiger partial charge in [0, 0.05) is 36.0 Å². The largest absolute Gasteiger partial charge is 0.493 e. The van der Waals surface area contributed by atoms with Crippen molar-refractivity contribution < 1.29 is 22.7 Å². The minimum Gasteiger partial charge on any atom is -0.493 e. The Bertz CT molecular complexity index is 1440. The lowest BCUT2D eigenvalue weighted by atomic mass is 9.98. The Labute approximate surface area is 240 Å². The van der Waals surface area contributed by atoms with Crippen molar-refractivity contribution >= 4 is 33.4 Å². The molecule has 2 aromatic carbocycles. The number of sulfonamides is 1. The zero-order valence-electron chi connectivity index (χ0n) is 22.8. The second-order valence-corrected chi connectivity index (χ2v) is 12.9. The average molecular weight is 587 g/mol. The number of halogens is 1. The Kier molecular flexibility index (Phi) is 8.39. The van der Waals surface area contributed by atoms with Gasteiger partial charge in [-0.25, -0.2) is 8.42 Å². The molecule has 3 aliphatic rings. The number of nitrogens with zero attached hydrogens (tertiary/aromatic N) is 2. The number of likely N-dealkylation sites (tertiary alicyclic amines) is 1. The molecule has 0 spiro atoms. The molecule has 2 atom stereocenters. The van der Waals surface area contributed by atoms with Gasteiger partial charge in [-0.3, -0.25) is 18.8 Å². The van der Waals surface area contributed by atoms with Crippen LogP contribution in [0.4, 0.5) is 0 Å². The van der Waals surface area contributed by atoms with E-state index in [1.807, 2.05) is 12.1 Å². The summed E-state index contributed by atoms with van der Waals surface area (Å²) in [6, 6.07) is 7.66. The van der Waals surface area contributed by atoms with Gasteiger partial charge in [-0.15, -0.1) is 0 Å². The first-order chi connectivity index (χ1) is 19.1. The average Bonchev–Trinajstić information content (AvgIpc) is 2.92. The minimum atomic E-state index is -4.14. The molecule has 0 unspecified atom stereocenters. The normalized spacial score (nSPS) is 21.4. The molecular weight excluding hydrogens is 552 g/mol. The quantitative estimate of drug-likeness (QED) is 0.509. The molecule has 9 nitrogen and oxygen atoms in total. The smallest absolute Gasteiger partial charge is 0.264 e.